The Kier molecular flexibility index (Phi) is 10.9. The van der Waals surface area contributed by atoms with Crippen molar-refractivity contribution in [2.24, 2.45) is 17.3 Å². The molecule has 1 atom stereocenters. The minimum atomic E-state index is -2.87. The molecule has 0 saturated carbocycles. The van der Waals surface area contributed by atoms with Gasteiger partial charge in [-0.25, -0.2) is 0 Å². The topological polar surface area (TPSA) is 0 Å². The van der Waals surface area contributed by atoms with Gasteiger partial charge in [0.15, 0.2) is 0 Å². The van der Waals surface area contributed by atoms with Crippen LogP contribution < -0.4 is 24.8 Å². The molecule has 0 nitrogen and oxygen atoms in total. The Morgan fingerprint density at radius 2 is 1.12 bits per heavy atom. The maximum atomic E-state index is 6.45. The molecule has 1 unspecified atom stereocenters. The summed E-state index contributed by atoms with van der Waals surface area (Å²) in [6.45, 7) is 11.8. The fourth-order valence-corrected chi connectivity index (χ4v) is 16.8. The second kappa shape index (κ2) is 13.7. The first-order valence-electron chi connectivity index (χ1n) is 14.5. The Labute approximate surface area is 287 Å². The van der Waals surface area contributed by atoms with Crippen molar-refractivity contribution in [3.63, 3.8) is 0 Å². The van der Waals surface area contributed by atoms with E-state index < -0.39 is 21.3 Å². The van der Waals surface area contributed by atoms with Crippen LogP contribution in [0, 0.1) is 17.3 Å². The van der Waals surface area contributed by atoms with Gasteiger partial charge < -0.3 is 24.8 Å². The molecule has 2 aliphatic carbocycles. The van der Waals surface area contributed by atoms with Crippen molar-refractivity contribution in [1.82, 2.24) is 0 Å². The fourth-order valence-electron chi connectivity index (χ4n) is 6.50. The zero-order valence-electron chi connectivity index (χ0n) is 25.1. The van der Waals surface area contributed by atoms with Crippen molar-refractivity contribution < 1.29 is 46.1 Å². The van der Waals surface area contributed by atoms with Crippen LogP contribution in [0.3, 0.4) is 0 Å². The number of allylic oxidation sites excluding steroid dienone is 4. The van der Waals surface area contributed by atoms with Gasteiger partial charge in [-0.05, 0) is 0 Å². The summed E-state index contributed by atoms with van der Waals surface area (Å²) in [6.07, 6.45) is 5.21. The van der Waals surface area contributed by atoms with E-state index in [1.165, 1.54) is 42.2 Å². The first-order chi connectivity index (χ1) is 19.6. The number of fused-ring (bicyclic) bond motifs is 3. The Morgan fingerprint density at radius 1 is 0.674 bits per heavy atom. The fraction of sp³-hybridized carbons (Fsp3) is 0.237. The second-order valence-corrected chi connectivity index (χ2v) is 19.6. The molecule has 43 heavy (non-hydrogen) atoms. The Bertz CT molecular complexity index is 1610. The zero-order valence-corrected chi connectivity index (χ0v) is 30.6. The predicted octanol–water partition coefficient (Wildman–Crippen LogP) is 5.10. The van der Waals surface area contributed by atoms with Crippen LogP contribution in [0.5, 0.6) is 0 Å². The molecule has 0 heterocycles. The van der Waals surface area contributed by atoms with Crippen LogP contribution >= 0.6 is 23.2 Å². The average Bonchev–Trinajstić information content (AvgIpc) is 3.54. The van der Waals surface area contributed by atoms with E-state index in [0.717, 1.165) is 10.0 Å². The normalized spacial score (nSPS) is 15.4. The van der Waals surface area contributed by atoms with Gasteiger partial charge in [-0.2, -0.15) is 0 Å². The smallest absolute Gasteiger partial charge is 1.00 e. The van der Waals surface area contributed by atoms with E-state index in [1.807, 2.05) is 24.3 Å². The largest absolute Gasteiger partial charge is 1.00 e. The van der Waals surface area contributed by atoms with Gasteiger partial charge in [0.25, 0.3) is 0 Å². The summed E-state index contributed by atoms with van der Waals surface area (Å²) in [5.74, 6) is 0.938. The molecule has 4 aromatic rings. The van der Waals surface area contributed by atoms with Crippen LogP contribution in [0.4, 0.5) is 0 Å². The summed E-state index contributed by atoms with van der Waals surface area (Å²) in [6, 6.07) is 35.4. The number of halogens is 4. The van der Waals surface area contributed by atoms with Crippen LogP contribution in [0.15, 0.2) is 118 Å². The van der Waals surface area contributed by atoms with E-state index >= 15 is 0 Å². The minimum Gasteiger partial charge on any atom is -1.00 e. The Hall–Kier alpha value is -1.73. The van der Waals surface area contributed by atoms with Gasteiger partial charge in [0.05, 0.1) is 0 Å². The van der Waals surface area contributed by atoms with Gasteiger partial charge >= 0.3 is 265 Å². The van der Waals surface area contributed by atoms with Crippen LogP contribution in [0.25, 0.3) is 11.1 Å². The van der Waals surface area contributed by atoms with Crippen molar-refractivity contribution in [3.05, 3.63) is 150 Å². The van der Waals surface area contributed by atoms with E-state index in [2.05, 4.69) is 120 Å². The van der Waals surface area contributed by atoms with Crippen molar-refractivity contribution in [2.45, 2.75) is 38.2 Å². The molecule has 0 bridgehead atoms. The van der Waals surface area contributed by atoms with E-state index in [9.17, 15) is 0 Å². The molecule has 2 aliphatic rings. The summed E-state index contributed by atoms with van der Waals surface area (Å²) in [5, 5.41) is 1.53. The van der Waals surface area contributed by atoms with Gasteiger partial charge in [0.2, 0.25) is 0 Å². The molecule has 0 aromatic heterocycles. The van der Waals surface area contributed by atoms with Crippen LogP contribution in [0.1, 0.15) is 60.5 Å². The maximum absolute atomic E-state index is 6.45. The van der Waals surface area contributed by atoms with Gasteiger partial charge in [0, 0.05) is 0 Å². The van der Waals surface area contributed by atoms with Gasteiger partial charge in [-0.1, -0.05) is 0 Å². The third-order valence-electron chi connectivity index (χ3n) is 8.58. The van der Waals surface area contributed by atoms with Gasteiger partial charge in [-0.3, -0.25) is 0 Å². The Morgan fingerprint density at radius 3 is 1.53 bits per heavy atom. The summed E-state index contributed by atoms with van der Waals surface area (Å²) in [5.41, 5.74) is 9.86. The van der Waals surface area contributed by atoms with Gasteiger partial charge in [-0.15, -0.1) is 0 Å². The quantitative estimate of drug-likeness (QED) is 0.269. The predicted molar refractivity (Wildman–Crippen MR) is 174 cm³/mol. The first kappa shape index (κ1) is 34.2. The number of hydrogen-bond donors (Lipinski definition) is 0. The Balaban J connectivity index is 0.00000212. The van der Waals surface area contributed by atoms with Crippen LogP contribution in [-0.4, -0.2) is 3.21 Å². The van der Waals surface area contributed by atoms with Crippen molar-refractivity contribution in [1.29, 1.82) is 0 Å². The van der Waals surface area contributed by atoms with E-state index in [0.29, 0.717) is 15.5 Å². The summed E-state index contributed by atoms with van der Waals surface area (Å²) < 4.78 is 3.56. The van der Waals surface area contributed by atoms with Crippen molar-refractivity contribution in [2.75, 3.05) is 0 Å². The molecule has 0 aliphatic heterocycles. The molecular weight excluding hydrogens is 689 g/mol. The van der Waals surface area contributed by atoms with Crippen molar-refractivity contribution in [3.8, 4) is 11.1 Å². The molecule has 0 saturated heterocycles. The van der Waals surface area contributed by atoms with Crippen LogP contribution in [0.2, 0.25) is 10.0 Å². The molecular formula is C38H36Cl4Zr. The van der Waals surface area contributed by atoms with E-state index in [-0.39, 0.29) is 30.2 Å². The van der Waals surface area contributed by atoms with E-state index in [1.54, 1.807) is 3.28 Å². The summed E-state index contributed by atoms with van der Waals surface area (Å²) in [4.78, 5) is 0. The molecule has 4 aromatic carbocycles. The molecule has 6 rings (SSSR count). The third-order valence-corrected chi connectivity index (χ3v) is 17.5. The minimum absolute atomic E-state index is 0. The maximum Gasteiger partial charge on any atom is -1.00 e. The molecule has 0 fully saturated rings. The number of benzene rings is 4. The van der Waals surface area contributed by atoms with Gasteiger partial charge in [0.1, 0.15) is 0 Å². The number of rotatable bonds is 5. The molecule has 0 amide bonds. The second-order valence-electron chi connectivity index (χ2n) is 12.7. The molecule has 0 spiro atoms. The molecule has 0 N–H and O–H groups in total. The average molecular weight is 726 g/mol. The zero-order chi connectivity index (χ0) is 28.9. The van der Waals surface area contributed by atoms with E-state index in [4.69, 9.17) is 23.2 Å². The molecule has 5 heteroatoms. The molecule has 0 radical (unpaired) electrons. The monoisotopic (exact) mass is 722 g/mol. The number of hydrogen-bond acceptors (Lipinski definition) is 0. The SMILES string of the molecule is CC(C)C1C=C(C(C)(C)C)C=[C]1[Zr+2](=[C](c1ccc(Cl)cc1)c1ccc(Cl)cc1)[CH]1c2ccccc2-c2ccccc21.[Cl-].[Cl-]. The third kappa shape index (κ3) is 6.64. The first-order valence-corrected chi connectivity index (χ1v) is 19.2. The van der Waals surface area contributed by atoms with Crippen molar-refractivity contribution >= 4 is 26.4 Å². The standard InChI is InChI=1S/C13H8Cl2.C13H9.C12H19.2ClH.Zr/c14-12-5-1-10(2-6-12)9-11-3-7-13(15)8-4-11;1-3-7-12-10(5-1)9-11-6-2-4-8-13(11)12;1-9(2)10-6-7-11(8-10)12(3,4)5;;;/h1-8H;1-9H;7-10H,1-5H3;2*1H;/q;;;;;+2/p-2. The summed E-state index contributed by atoms with van der Waals surface area (Å²) in [7, 11) is 0. The molecule has 220 valence electrons. The van der Waals surface area contributed by atoms with Crippen LogP contribution in [-0.2, 0) is 21.3 Å². The summed E-state index contributed by atoms with van der Waals surface area (Å²) >= 11 is 10.0.